The van der Waals surface area contributed by atoms with E-state index in [0.717, 1.165) is 5.75 Å². The minimum atomic E-state index is 0.295. The summed E-state index contributed by atoms with van der Waals surface area (Å²) in [6.07, 6.45) is 0. The van der Waals surface area contributed by atoms with E-state index < -0.39 is 0 Å². The molecular formula is C23H24O. The van der Waals surface area contributed by atoms with Gasteiger partial charge in [0.05, 0.1) is 7.11 Å². The zero-order valence-electron chi connectivity index (χ0n) is 14.6. The van der Waals surface area contributed by atoms with Gasteiger partial charge in [-0.25, -0.2) is 0 Å². The maximum absolute atomic E-state index is 5.63. The maximum atomic E-state index is 5.63. The SMILES string of the molecule is COc1ccc([C@@H](C)c2ccccc2)cc1[C@H](C)c1ccccc1. The van der Waals surface area contributed by atoms with Crippen LogP contribution in [-0.4, -0.2) is 7.11 Å². The van der Waals surface area contributed by atoms with Gasteiger partial charge in [0.25, 0.3) is 0 Å². The number of ether oxygens (including phenoxy) is 1. The van der Waals surface area contributed by atoms with Gasteiger partial charge in [0, 0.05) is 17.4 Å². The van der Waals surface area contributed by atoms with Crippen molar-refractivity contribution in [3.05, 3.63) is 101 Å². The van der Waals surface area contributed by atoms with Gasteiger partial charge in [-0.3, -0.25) is 0 Å². The van der Waals surface area contributed by atoms with Crippen LogP contribution in [0.2, 0.25) is 0 Å². The second-order valence-electron chi connectivity index (χ2n) is 6.27. The Morgan fingerprint density at radius 3 is 1.71 bits per heavy atom. The Bertz CT molecular complexity index is 778. The first-order chi connectivity index (χ1) is 11.7. The van der Waals surface area contributed by atoms with Crippen LogP contribution in [0.15, 0.2) is 78.9 Å². The standard InChI is InChI=1S/C23H24O/c1-17(19-10-6-4-7-11-19)21-14-15-23(24-3)22(16-21)18(2)20-12-8-5-9-13-20/h4-18H,1-3H3/t17-,18+/m0/s1. The minimum Gasteiger partial charge on any atom is -0.496 e. The molecular weight excluding hydrogens is 292 g/mol. The highest BCUT2D eigenvalue weighted by atomic mass is 16.5. The molecule has 0 saturated heterocycles. The quantitative estimate of drug-likeness (QED) is 0.561. The van der Waals surface area contributed by atoms with Gasteiger partial charge in [-0.15, -0.1) is 0 Å². The van der Waals surface area contributed by atoms with Crippen LogP contribution in [0.25, 0.3) is 0 Å². The van der Waals surface area contributed by atoms with E-state index in [9.17, 15) is 0 Å². The van der Waals surface area contributed by atoms with Gasteiger partial charge in [0.1, 0.15) is 5.75 Å². The van der Waals surface area contributed by atoms with Gasteiger partial charge in [-0.1, -0.05) is 86.6 Å². The second-order valence-corrected chi connectivity index (χ2v) is 6.27. The summed E-state index contributed by atoms with van der Waals surface area (Å²) in [6.45, 7) is 4.50. The van der Waals surface area contributed by atoms with Crippen LogP contribution in [0.3, 0.4) is 0 Å². The molecule has 3 aromatic carbocycles. The first-order valence-electron chi connectivity index (χ1n) is 8.48. The third-order valence-electron chi connectivity index (χ3n) is 4.82. The van der Waals surface area contributed by atoms with Gasteiger partial charge in [0.15, 0.2) is 0 Å². The second kappa shape index (κ2) is 7.35. The highest BCUT2D eigenvalue weighted by Crippen LogP contribution is 2.35. The molecule has 0 fully saturated rings. The lowest BCUT2D eigenvalue weighted by molar-refractivity contribution is 0.408. The van der Waals surface area contributed by atoms with Crippen molar-refractivity contribution in [1.82, 2.24) is 0 Å². The minimum absolute atomic E-state index is 0.295. The summed E-state index contributed by atoms with van der Waals surface area (Å²) in [5.41, 5.74) is 5.20. The largest absolute Gasteiger partial charge is 0.496 e. The molecule has 0 bridgehead atoms. The Balaban J connectivity index is 2.00. The molecule has 1 nitrogen and oxygen atoms in total. The van der Waals surface area contributed by atoms with Gasteiger partial charge in [0.2, 0.25) is 0 Å². The molecule has 3 rings (SSSR count). The first kappa shape index (κ1) is 16.3. The van der Waals surface area contributed by atoms with Gasteiger partial charge >= 0.3 is 0 Å². The Morgan fingerprint density at radius 1 is 0.625 bits per heavy atom. The number of methoxy groups -OCH3 is 1. The molecule has 0 amide bonds. The van der Waals surface area contributed by atoms with Crippen LogP contribution in [0.5, 0.6) is 5.75 Å². The molecule has 0 radical (unpaired) electrons. The van der Waals surface area contributed by atoms with E-state index in [1.165, 1.54) is 22.3 Å². The van der Waals surface area contributed by atoms with E-state index in [1.54, 1.807) is 7.11 Å². The third kappa shape index (κ3) is 3.35. The summed E-state index contributed by atoms with van der Waals surface area (Å²) >= 11 is 0. The highest BCUT2D eigenvalue weighted by molar-refractivity contribution is 5.46. The lowest BCUT2D eigenvalue weighted by Crippen LogP contribution is -2.03. The van der Waals surface area contributed by atoms with Crippen molar-refractivity contribution in [1.29, 1.82) is 0 Å². The van der Waals surface area contributed by atoms with Crippen LogP contribution in [0.1, 0.15) is 47.9 Å². The van der Waals surface area contributed by atoms with E-state index in [-0.39, 0.29) is 0 Å². The van der Waals surface area contributed by atoms with Crippen molar-refractivity contribution < 1.29 is 4.74 Å². The van der Waals surface area contributed by atoms with Crippen molar-refractivity contribution in [3.63, 3.8) is 0 Å². The maximum Gasteiger partial charge on any atom is 0.122 e. The predicted octanol–water partition coefficient (Wildman–Crippen LogP) is 6.00. The first-order valence-corrected chi connectivity index (χ1v) is 8.48. The molecule has 3 aromatic rings. The Kier molecular flexibility index (Phi) is 5.00. The summed E-state index contributed by atoms with van der Waals surface area (Å²) in [4.78, 5) is 0. The summed E-state index contributed by atoms with van der Waals surface area (Å²) in [6, 6.07) is 27.8. The van der Waals surface area contributed by atoms with E-state index >= 15 is 0 Å². The van der Waals surface area contributed by atoms with Crippen molar-refractivity contribution >= 4 is 0 Å². The highest BCUT2D eigenvalue weighted by Gasteiger charge is 2.16. The van der Waals surface area contributed by atoms with Gasteiger partial charge < -0.3 is 4.74 Å². The van der Waals surface area contributed by atoms with Crippen LogP contribution in [-0.2, 0) is 0 Å². The van der Waals surface area contributed by atoms with Crippen LogP contribution in [0, 0.1) is 0 Å². The lowest BCUT2D eigenvalue weighted by Gasteiger charge is -2.20. The molecule has 0 N–H and O–H groups in total. The molecule has 2 atom stereocenters. The average molecular weight is 316 g/mol. The third-order valence-corrected chi connectivity index (χ3v) is 4.82. The van der Waals surface area contributed by atoms with E-state index in [4.69, 9.17) is 4.74 Å². The van der Waals surface area contributed by atoms with Crippen LogP contribution < -0.4 is 4.74 Å². The van der Waals surface area contributed by atoms with Crippen molar-refractivity contribution in [2.24, 2.45) is 0 Å². The molecule has 24 heavy (non-hydrogen) atoms. The number of benzene rings is 3. The number of rotatable bonds is 5. The van der Waals surface area contributed by atoms with Crippen molar-refractivity contribution in [2.45, 2.75) is 25.7 Å². The molecule has 0 aliphatic carbocycles. The van der Waals surface area contributed by atoms with Crippen molar-refractivity contribution in [2.75, 3.05) is 7.11 Å². The Labute approximate surface area is 144 Å². The molecule has 122 valence electrons. The zero-order chi connectivity index (χ0) is 16.9. The fourth-order valence-corrected chi connectivity index (χ4v) is 3.22. The topological polar surface area (TPSA) is 9.23 Å². The molecule has 0 aliphatic rings. The molecule has 0 aliphatic heterocycles. The summed E-state index contributed by atoms with van der Waals surface area (Å²) in [5.74, 6) is 1.61. The van der Waals surface area contributed by atoms with Crippen molar-refractivity contribution in [3.8, 4) is 5.75 Å². The molecule has 0 unspecified atom stereocenters. The Hall–Kier alpha value is -2.54. The number of hydrogen-bond acceptors (Lipinski definition) is 1. The van der Waals surface area contributed by atoms with Gasteiger partial charge in [-0.05, 0) is 22.8 Å². The average Bonchev–Trinajstić information content (AvgIpc) is 2.67. The van der Waals surface area contributed by atoms with Crippen LogP contribution >= 0.6 is 0 Å². The Morgan fingerprint density at radius 2 is 1.17 bits per heavy atom. The fraction of sp³-hybridized carbons (Fsp3) is 0.217. The molecule has 0 aromatic heterocycles. The number of hydrogen-bond donors (Lipinski definition) is 0. The summed E-state index contributed by atoms with van der Waals surface area (Å²) in [5, 5.41) is 0. The zero-order valence-corrected chi connectivity index (χ0v) is 14.6. The lowest BCUT2D eigenvalue weighted by atomic mass is 9.87. The normalized spacial score (nSPS) is 13.3. The fourth-order valence-electron chi connectivity index (χ4n) is 3.22. The summed E-state index contributed by atoms with van der Waals surface area (Å²) < 4.78 is 5.63. The van der Waals surface area contributed by atoms with Gasteiger partial charge in [-0.2, -0.15) is 0 Å². The summed E-state index contributed by atoms with van der Waals surface area (Å²) in [7, 11) is 1.75. The smallest absolute Gasteiger partial charge is 0.122 e. The predicted molar refractivity (Wildman–Crippen MR) is 101 cm³/mol. The van der Waals surface area contributed by atoms with E-state index in [0.29, 0.717) is 11.8 Å². The molecule has 0 spiro atoms. The monoisotopic (exact) mass is 316 g/mol. The van der Waals surface area contributed by atoms with E-state index in [2.05, 4.69) is 92.7 Å². The van der Waals surface area contributed by atoms with E-state index in [1.807, 2.05) is 0 Å². The molecule has 1 heteroatoms. The van der Waals surface area contributed by atoms with Crippen LogP contribution in [0.4, 0.5) is 0 Å². The molecule has 0 saturated carbocycles. The molecule has 0 heterocycles.